The van der Waals surface area contributed by atoms with Gasteiger partial charge >= 0.3 is 5.97 Å². The Labute approximate surface area is 199 Å². The Hall–Kier alpha value is -3.08. The molecule has 0 bridgehead atoms. The molecule has 0 saturated heterocycles. The molecule has 5 heteroatoms. The summed E-state index contributed by atoms with van der Waals surface area (Å²) in [7, 11) is 0. The highest BCUT2D eigenvalue weighted by Gasteiger charge is 2.45. The average Bonchev–Trinajstić information content (AvgIpc) is 2.84. The van der Waals surface area contributed by atoms with Crippen LogP contribution < -0.4 is 0 Å². The molecule has 0 N–H and O–H groups in total. The lowest BCUT2D eigenvalue weighted by molar-refractivity contribution is -0.153. The molecular formula is C29H30FNO3. The van der Waals surface area contributed by atoms with Crippen molar-refractivity contribution in [3.63, 3.8) is 0 Å². The quantitative estimate of drug-likeness (QED) is 0.506. The van der Waals surface area contributed by atoms with E-state index in [1.807, 2.05) is 37.3 Å². The summed E-state index contributed by atoms with van der Waals surface area (Å²) in [5.74, 6) is -1.79. The van der Waals surface area contributed by atoms with Gasteiger partial charge in [-0.1, -0.05) is 48.9 Å². The Morgan fingerprint density at radius 1 is 0.941 bits per heavy atom. The molecule has 5 rings (SSSR count). The van der Waals surface area contributed by atoms with Crippen molar-refractivity contribution in [1.82, 2.24) is 0 Å². The number of hydrogen-bond donors (Lipinski definition) is 0. The third-order valence-electron chi connectivity index (χ3n) is 7.48. The molecule has 3 aliphatic rings. The third-order valence-corrected chi connectivity index (χ3v) is 7.48. The Morgan fingerprint density at radius 3 is 2.35 bits per heavy atom. The molecule has 1 fully saturated rings. The Morgan fingerprint density at radius 2 is 1.65 bits per heavy atom. The Bertz CT molecular complexity index is 1130. The lowest BCUT2D eigenvalue weighted by atomic mass is 9.69. The van der Waals surface area contributed by atoms with E-state index in [0.29, 0.717) is 24.1 Å². The van der Waals surface area contributed by atoms with Crippen LogP contribution in [0.2, 0.25) is 0 Å². The number of rotatable bonds is 4. The predicted octanol–water partition coefficient (Wildman–Crippen LogP) is 6.28. The molecule has 1 unspecified atom stereocenters. The SMILES string of the molecule is CC1=NC2=C(C(=O)C[C@@H](c3ccccc3)C2)[C@H](c2ccc(F)cc2)C1C(=O)OC1CCCCC1. The van der Waals surface area contributed by atoms with E-state index in [2.05, 4.69) is 0 Å². The summed E-state index contributed by atoms with van der Waals surface area (Å²) in [5.41, 5.74) is 3.87. The molecule has 0 spiro atoms. The first-order valence-electron chi connectivity index (χ1n) is 12.3. The topological polar surface area (TPSA) is 55.7 Å². The molecule has 4 nitrogen and oxygen atoms in total. The first kappa shape index (κ1) is 22.7. The minimum atomic E-state index is -0.677. The van der Waals surface area contributed by atoms with Gasteiger partial charge in [-0.05, 0) is 68.2 Å². The molecule has 176 valence electrons. The number of benzene rings is 2. The second-order valence-corrected chi connectivity index (χ2v) is 9.76. The molecule has 2 aromatic carbocycles. The van der Waals surface area contributed by atoms with Crippen LogP contribution >= 0.6 is 0 Å². The molecular weight excluding hydrogens is 429 g/mol. The predicted molar refractivity (Wildman–Crippen MR) is 129 cm³/mol. The fourth-order valence-electron chi connectivity index (χ4n) is 5.78. The lowest BCUT2D eigenvalue weighted by Gasteiger charge is -2.37. The van der Waals surface area contributed by atoms with Crippen LogP contribution in [0.25, 0.3) is 0 Å². The van der Waals surface area contributed by atoms with Crippen molar-refractivity contribution in [1.29, 1.82) is 0 Å². The summed E-state index contributed by atoms with van der Waals surface area (Å²) in [6.45, 7) is 1.85. The highest BCUT2D eigenvalue weighted by atomic mass is 19.1. The molecule has 2 aromatic rings. The standard InChI is InChI=1S/C29H30FNO3/c1-18-26(29(33)34-23-10-6-3-7-11-23)27(20-12-14-22(30)15-13-20)28-24(31-18)16-21(17-25(28)32)19-8-4-2-5-9-19/h2,4-5,8-9,12-15,21,23,26-27H,3,6-7,10-11,16-17H2,1H3/t21-,26?,27+/m0/s1. The van der Waals surface area contributed by atoms with E-state index >= 15 is 0 Å². The van der Waals surface area contributed by atoms with Crippen LogP contribution in [0.5, 0.6) is 0 Å². The number of ether oxygens (including phenoxy) is 1. The molecule has 0 aromatic heterocycles. The first-order valence-corrected chi connectivity index (χ1v) is 12.3. The van der Waals surface area contributed by atoms with Gasteiger partial charge in [0, 0.05) is 29.3 Å². The second-order valence-electron chi connectivity index (χ2n) is 9.76. The van der Waals surface area contributed by atoms with E-state index in [9.17, 15) is 14.0 Å². The van der Waals surface area contributed by atoms with E-state index in [0.717, 1.165) is 42.5 Å². The number of Topliss-reactive ketones (excluding diaryl/α,β-unsaturated/α-hetero) is 1. The highest BCUT2D eigenvalue weighted by molar-refractivity contribution is 6.09. The van der Waals surface area contributed by atoms with Crippen LogP contribution in [-0.4, -0.2) is 23.6 Å². The van der Waals surface area contributed by atoms with Gasteiger partial charge in [0.2, 0.25) is 0 Å². The van der Waals surface area contributed by atoms with Gasteiger partial charge in [0.05, 0.1) is 0 Å². The summed E-state index contributed by atoms with van der Waals surface area (Å²) in [6, 6.07) is 16.2. The summed E-state index contributed by atoms with van der Waals surface area (Å²) in [4.78, 5) is 31.9. The normalized spacial score (nSPS) is 25.5. The van der Waals surface area contributed by atoms with Gasteiger partial charge in [0.25, 0.3) is 0 Å². The van der Waals surface area contributed by atoms with Gasteiger partial charge in [-0.15, -0.1) is 0 Å². The average molecular weight is 460 g/mol. The number of ketones is 1. The van der Waals surface area contributed by atoms with E-state index in [4.69, 9.17) is 9.73 Å². The number of hydrogen-bond acceptors (Lipinski definition) is 4. The zero-order valence-electron chi connectivity index (χ0n) is 19.5. The molecule has 1 aliphatic heterocycles. The van der Waals surface area contributed by atoms with Crippen molar-refractivity contribution in [2.45, 2.75) is 69.8 Å². The van der Waals surface area contributed by atoms with Crippen LogP contribution in [0.4, 0.5) is 4.39 Å². The summed E-state index contributed by atoms with van der Waals surface area (Å²) in [6.07, 6.45) is 5.98. The molecule has 3 atom stereocenters. The number of carbonyl (C=O) groups excluding carboxylic acids is 2. The highest BCUT2D eigenvalue weighted by Crippen LogP contribution is 2.47. The van der Waals surface area contributed by atoms with E-state index < -0.39 is 11.8 Å². The van der Waals surface area contributed by atoms with E-state index in [1.54, 1.807) is 12.1 Å². The van der Waals surface area contributed by atoms with Crippen LogP contribution in [0.1, 0.15) is 74.8 Å². The summed E-state index contributed by atoms with van der Waals surface area (Å²) in [5, 5.41) is 0. The van der Waals surface area contributed by atoms with Crippen LogP contribution in [0.15, 0.2) is 70.9 Å². The van der Waals surface area contributed by atoms with Gasteiger partial charge in [-0.2, -0.15) is 0 Å². The van der Waals surface area contributed by atoms with Crippen molar-refractivity contribution in [2.75, 3.05) is 0 Å². The maximum Gasteiger partial charge on any atom is 0.315 e. The molecule has 0 amide bonds. The minimum Gasteiger partial charge on any atom is -0.462 e. The molecule has 1 saturated carbocycles. The van der Waals surface area contributed by atoms with Gasteiger partial charge in [0.15, 0.2) is 5.78 Å². The number of esters is 1. The smallest absolute Gasteiger partial charge is 0.315 e. The van der Waals surface area contributed by atoms with Gasteiger partial charge in [0.1, 0.15) is 17.8 Å². The number of aliphatic imine (C=N–C) groups is 1. The van der Waals surface area contributed by atoms with Gasteiger partial charge < -0.3 is 4.74 Å². The lowest BCUT2D eigenvalue weighted by Crippen LogP contribution is -2.39. The number of nitrogens with zero attached hydrogens (tertiary/aromatic N) is 1. The van der Waals surface area contributed by atoms with Crippen molar-refractivity contribution >= 4 is 17.5 Å². The van der Waals surface area contributed by atoms with E-state index in [1.165, 1.54) is 18.6 Å². The fourth-order valence-corrected chi connectivity index (χ4v) is 5.78. The number of allylic oxidation sites excluding steroid dienone is 2. The zero-order valence-corrected chi connectivity index (χ0v) is 19.5. The van der Waals surface area contributed by atoms with Crippen LogP contribution in [-0.2, 0) is 14.3 Å². The van der Waals surface area contributed by atoms with Crippen molar-refractivity contribution in [3.05, 3.63) is 82.8 Å². The van der Waals surface area contributed by atoms with Crippen molar-refractivity contribution < 1.29 is 18.7 Å². The minimum absolute atomic E-state index is 0.0103. The van der Waals surface area contributed by atoms with Crippen molar-refractivity contribution in [3.8, 4) is 0 Å². The Kier molecular flexibility index (Phi) is 6.44. The zero-order chi connectivity index (χ0) is 23.7. The second kappa shape index (κ2) is 9.65. The number of halogens is 1. The van der Waals surface area contributed by atoms with Crippen molar-refractivity contribution in [2.24, 2.45) is 10.9 Å². The monoisotopic (exact) mass is 459 g/mol. The van der Waals surface area contributed by atoms with E-state index in [-0.39, 0.29) is 29.6 Å². The summed E-state index contributed by atoms with van der Waals surface area (Å²) >= 11 is 0. The van der Waals surface area contributed by atoms with Gasteiger partial charge in [-0.25, -0.2) is 4.39 Å². The Balaban J connectivity index is 1.52. The first-order chi connectivity index (χ1) is 16.5. The fraction of sp³-hybridized carbons (Fsp3) is 0.414. The summed E-state index contributed by atoms with van der Waals surface area (Å²) < 4.78 is 19.7. The molecule has 34 heavy (non-hydrogen) atoms. The van der Waals surface area contributed by atoms with Crippen LogP contribution in [0, 0.1) is 11.7 Å². The maximum absolute atomic E-state index is 13.7. The largest absolute Gasteiger partial charge is 0.462 e. The van der Waals surface area contributed by atoms with Gasteiger partial charge in [-0.3, -0.25) is 14.6 Å². The molecule has 2 aliphatic carbocycles. The maximum atomic E-state index is 13.7. The molecule has 0 radical (unpaired) electrons. The molecule has 1 heterocycles. The third kappa shape index (κ3) is 4.48. The number of carbonyl (C=O) groups is 2. The van der Waals surface area contributed by atoms with Crippen LogP contribution in [0.3, 0.4) is 0 Å².